The molecule has 0 aliphatic heterocycles. The SMILES string of the molecule is CC(OCCCO)C(=O)O. The smallest absolute Gasteiger partial charge is 0.332 e. The van der Waals surface area contributed by atoms with Gasteiger partial charge in [-0.15, -0.1) is 0 Å². The van der Waals surface area contributed by atoms with Crippen molar-refractivity contribution in [1.29, 1.82) is 0 Å². The third-order valence-corrected chi connectivity index (χ3v) is 1.02. The molecule has 0 spiro atoms. The van der Waals surface area contributed by atoms with E-state index in [1.54, 1.807) is 0 Å². The molecule has 0 aliphatic rings. The predicted octanol–water partition coefficient (Wildman–Crippen LogP) is -0.142. The van der Waals surface area contributed by atoms with Gasteiger partial charge in [-0.3, -0.25) is 0 Å². The van der Waals surface area contributed by atoms with Crippen LogP contribution < -0.4 is 0 Å². The van der Waals surface area contributed by atoms with Gasteiger partial charge in [-0.1, -0.05) is 0 Å². The van der Waals surface area contributed by atoms with Crippen molar-refractivity contribution in [3.05, 3.63) is 0 Å². The minimum atomic E-state index is -0.974. The molecule has 0 saturated heterocycles. The van der Waals surface area contributed by atoms with Crippen molar-refractivity contribution in [3.63, 3.8) is 0 Å². The van der Waals surface area contributed by atoms with Crippen LogP contribution in [0.25, 0.3) is 0 Å². The van der Waals surface area contributed by atoms with E-state index in [1.807, 2.05) is 0 Å². The zero-order chi connectivity index (χ0) is 7.98. The quantitative estimate of drug-likeness (QED) is 0.532. The first-order chi connectivity index (χ1) is 4.68. The molecular formula is C6H12O4. The fourth-order valence-corrected chi connectivity index (χ4v) is 0.396. The lowest BCUT2D eigenvalue weighted by Crippen LogP contribution is -2.20. The van der Waals surface area contributed by atoms with Crippen molar-refractivity contribution in [2.24, 2.45) is 0 Å². The van der Waals surface area contributed by atoms with Gasteiger partial charge in [0.2, 0.25) is 0 Å². The van der Waals surface area contributed by atoms with Gasteiger partial charge in [-0.05, 0) is 13.3 Å². The molecule has 0 saturated carbocycles. The average Bonchev–Trinajstić information content (AvgIpc) is 1.88. The van der Waals surface area contributed by atoms with Gasteiger partial charge in [0.25, 0.3) is 0 Å². The highest BCUT2D eigenvalue weighted by atomic mass is 16.5. The molecule has 4 nitrogen and oxygen atoms in total. The number of hydrogen-bond donors (Lipinski definition) is 2. The maximum Gasteiger partial charge on any atom is 0.332 e. The van der Waals surface area contributed by atoms with Gasteiger partial charge < -0.3 is 14.9 Å². The van der Waals surface area contributed by atoms with Crippen LogP contribution >= 0.6 is 0 Å². The Kier molecular flexibility index (Phi) is 4.88. The molecule has 0 amide bonds. The third-order valence-electron chi connectivity index (χ3n) is 1.02. The van der Waals surface area contributed by atoms with E-state index >= 15 is 0 Å². The van der Waals surface area contributed by atoms with Crippen LogP contribution in [-0.2, 0) is 9.53 Å². The molecule has 0 aliphatic carbocycles. The standard InChI is InChI=1S/C6H12O4/c1-5(6(8)9)10-4-2-3-7/h5,7H,2-4H2,1H3,(H,8,9). The average molecular weight is 148 g/mol. The summed E-state index contributed by atoms with van der Waals surface area (Å²) in [7, 11) is 0. The Hall–Kier alpha value is -0.610. The Bertz CT molecular complexity index is 102. The van der Waals surface area contributed by atoms with Crippen LogP contribution in [0.2, 0.25) is 0 Å². The summed E-state index contributed by atoms with van der Waals surface area (Å²) in [5.41, 5.74) is 0. The molecular weight excluding hydrogens is 136 g/mol. The molecule has 0 fully saturated rings. The van der Waals surface area contributed by atoms with Crippen LogP contribution in [0.3, 0.4) is 0 Å². The van der Waals surface area contributed by atoms with E-state index in [1.165, 1.54) is 6.92 Å². The minimum absolute atomic E-state index is 0.0341. The fraction of sp³-hybridized carbons (Fsp3) is 0.833. The molecule has 0 aromatic carbocycles. The van der Waals surface area contributed by atoms with Crippen molar-refractivity contribution in [1.82, 2.24) is 0 Å². The summed E-state index contributed by atoms with van der Waals surface area (Å²) in [6.07, 6.45) is -0.288. The number of rotatable bonds is 5. The first kappa shape index (κ1) is 9.39. The van der Waals surface area contributed by atoms with Crippen LogP contribution in [-0.4, -0.2) is 35.5 Å². The maximum absolute atomic E-state index is 10.1. The van der Waals surface area contributed by atoms with Crippen LogP contribution in [0.5, 0.6) is 0 Å². The maximum atomic E-state index is 10.1. The first-order valence-electron chi connectivity index (χ1n) is 3.13. The van der Waals surface area contributed by atoms with Gasteiger partial charge in [-0.25, -0.2) is 4.79 Å². The number of carbonyl (C=O) groups is 1. The summed E-state index contributed by atoms with van der Waals surface area (Å²) in [6.45, 7) is 1.79. The zero-order valence-corrected chi connectivity index (χ0v) is 5.91. The summed E-state index contributed by atoms with van der Waals surface area (Å²) in [6, 6.07) is 0. The number of aliphatic carboxylic acids is 1. The number of carboxylic acid groups (broad SMARTS) is 1. The van der Waals surface area contributed by atoms with Crippen molar-refractivity contribution < 1.29 is 19.7 Å². The molecule has 0 radical (unpaired) electrons. The Labute approximate surface area is 59.4 Å². The molecule has 0 rings (SSSR count). The molecule has 0 aromatic rings. The number of ether oxygens (including phenoxy) is 1. The van der Waals surface area contributed by atoms with Gasteiger partial charge in [0.05, 0.1) is 0 Å². The second kappa shape index (κ2) is 5.20. The minimum Gasteiger partial charge on any atom is -0.479 e. The second-order valence-electron chi connectivity index (χ2n) is 1.93. The summed E-state index contributed by atoms with van der Waals surface area (Å²) >= 11 is 0. The van der Waals surface area contributed by atoms with Gasteiger partial charge >= 0.3 is 5.97 Å². The third kappa shape index (κ3) is 4.29. The van der Waals surface area contributed by atoms with Gasteiger partial charge in [-0.2, -0.15) is 0 Å². The van der Waals surface area contributed by atoms with Gasteiger partial charge in [0, 0.05) is 13.2 Å². The summed E-state index contributed by atoms with van der Waals surface area (Å²) in [5.74, 6) is -0.974. The molecule has 10 heavy (non-hydrogen) atoms. The fourth-order valence-electron chi connectivity index (χ4n) is 0.396. The van der Waals surface area contributed by atoms with Crippen LogP contribution in [0, 0.1) is 0 Å². The number of carboxylic acids is 1. The lowest BCUT2D eigenvalue weighted by molar-refractivity contribution is -0.149. The zero-order valence-electron chi connectivity index (χ0n) is 5.91. The van der Waals surface area contributed by atoms with Crippen LogP contribution in [0.4, 0.5) is 0 Å². The molecule has 0 bridgehead atoms. The lowest BCUT2D eigenvalue weighted by Gasteiger charge is -2.05. The van der Waals surface area contributed by atoms with Crippen molar-refractivity contribution in [2.45, 2.75) is 19.4 Å². The monoisotopic (exact) mass is 148 g/mol. The molecule has 2 N–H and O–H groups in total. The normalized spacial score (nSPS) is 13.0. The van der Waals surface area contributed by atoms with Crippen LogP contribution in [0.15, 0.2) is 0 Å². The molecule has 0 heterocycles. The van der Waals surface area contributed by atoms with Crippen molar-refractivity contribution >= 4 is 5.97 Å². The largest absolute Gasteiger partial charge is 0.479 e. The first-order valence-corrected chi connectivity index (χ1v) is 3.13. The summed E-state index contributed by atoms with van der Waals surface area (Å²) in [5, 5.41) is 16.6. The van der Waals surface area contributed by atoms with E-state index in [4.69, 9.17) is 14.9 Å². The van der Waals surface area contributed by atoms with Crippen molar-refractivity contribution in [3.8, 4) is 0 Å². The van der Waals surface area contributed by atoms with Gasteiger partial charge in [0.15, 0.2) is 6.10 Å². The molecule has 0 aromatic heterocycles. The summed E-state index contributed by atoms with van der Waals surface area (Å²) < 4.78 is 4.78. The highest BCUT2D eigenvalue weighted by molar-refractivity contribution is 5.71. The second-order valence-corrected chi connectivity index (χ2v) is 1.93. The van der Waals surface area contributed by atoms with Crippen LogP contribution in [0.1, 0.15) is 13.3 Å². The number of hydrogen-bond acceptors (Lipinski definition) is 3. The Morgan fingerprint density at radius 2 is 2.30 bits per heavy atom. The van der Waals surface area contributed by atoms with E-state index in [0.29, 0.717) is 13.0 Å². The molecule has 4 heteroatoms. The summed E-state index contributed by atoms with van der Waals surface area (Å²) in [4.78, 5) is 10.1. The van der Waals surface area contributed by atoms with E-state index < -0.39 is 12.1 Å². The van der Waals surface area contributed by atoms with E-state index in [-0.39, 0.29) is 6.61 Å². The van der Waals surface area contributed by atoms with E-state index in [9.17, 15) is 4.79 Å². The van der Waals surface area contributed by atoms with E-state index in [0.717, 1.165) is 0 Å². The Morgan fingerprint density at radius 3 is 2.70 bits per heavy atom. The Morgan fingerprint density at radius 1 is 1.70 bits per heavy atom. The number of aliphatic hydroxyl groups is 1. The Balaban J connectivity index is 3.21. The lowest BCUT2D eigenvalue weighted by atomic mass is 10.4. The molecule has 60 valence electrons. The van der Waals surface area contributed by atoms with Crippen molar-refractivity contribution in [2.75, 3.05) is 13.2 Å². The number of aliphatic hydroxyl groups excluding tert-OH is 1. The topological polar surface area (TPSA) is 66.8 Å². The molecule has 1 atom stereocenters. The van der Waals surface area contributed by atoms with E-state index in [2.05, 4.69) is 0 Å². The predicted molar refractivity (Wildman–Crippen MR) is 34.8 cm³/mol. The highest BCUT2D eigenvalue weighted by Crippen LogP contribution is 1.91. The van der Waals surface area contributed by atoms with Gasteiger partial charge in [0.1, 0.15) is 0 Å². The highest BCUT2D eigenvalue weighted by Gasteiger charge is 2.09. The molecule has 1 unspecified atom stereocenters.